The average Bonchev–Trinajstić information content (AvgIpc) is 3.03. The van der Waals surface area contributed by atoms with Crippen LogP contribution in [-0.4, -0.2) is 17.8 Å². The summed E-state index contributed by atoms with van der Waals surface area (Å²) in [5.74, 6) is 0.442. The van der Waals surface area contributed by atoms with Crippen molar-refractivity contribution in [2.24, 2.45) is 4.99 Å². The van der Waals surface area contributed by atoms with Gasteiger partial charge in [-0.1, -0.05) is 0 Å². The van der Waals surface area contributed by atoms with Crippen LogP contribution >= 0.6 is 0 Å². The monoisotopic (exact) mass is 296 g/mol. The van der Waals surface area contributed by atoms with Gasteiger partial charge in [-0.3, -0.25) is 0 Å². The van der Waals surface area contributed by atoms with Gasteiger partial charge in [-0.05, 0) is 55.8 Å². The van der Waals surface area contributed by atoms with Crippen LogP contribution in [0.15, 0.2) is 52.9 Å². The Morgan fingerprint density at radius 2 is 1.91 bits per heavy atom. The third kappa shape index (κ3) is 2.72. The number of benzene rings is 1. The fourth-order valence-corrected chi connectivity index (χ4v) is 2.49. The van der Waals surface area contributed by atoms with Gasteiger partial charge in [0.15, 0.2) is 0 Å². The van der Waals surface area contributed by atoms with Gasteiger partial charge in [0.05, 0.1) is 12.8 Å². The second-order valence-corrected chi connectivity index (χ2v) is 5.30. The summed E-state index contributed by atoms with van der Waals surface area (Å²) in [6.07, 6.45) is 3.83. The zero-order valence-corrected chi connectivity index (χ0v) is 12.8. The molecule has 2 aromatic rings. The first-order chi connectivity index (χ1) is 10.6. The largest absolute Gasteiger partial charge is 0.494 e. The predicted molar refractivity (Wildman–Crippen MR) is 86.3 cm³/mol. The van der Waals surface area contributed by atoms with E-state index in [4.69, 9.17) is 4.74 Å². The van der Waals surface area contributed by atoms with Gasteiger partial charge in [0.1, 0.15) is 17.3 Å². The van der Waals surface area contributed by atoms with Crippen LogP contribution in [0.3, 0.4) is 0 Å². The van der Waals surface area contributed by atoms with Gasteiger partial charge in [0.25, 0.3) is 0 Å². The molecule has 1 aromatic heterocycles. The molecule has 0 amide bonds. The number of ether oxygens (including phenoxy) is 1. The third-order valence-corrected chi connectivity index (χ3v) is 3.59. The number of halogens is 1. The molecule has 0 aliphatic carbocycles. The van der Waals surface area contributed by atoms with Gasteiger partial charge >= 0.3 is 0 Å². The zero-order valence-electron chi connectivity index (χ0n) is 12.8. The van der Waals surface area contributed by atoms with E-state index in [2.05, 4.69) is 16.0 Å². The van der Waals surface area contributed by atoms with Crippen LogP contribution in [0.1, 0.15) is 22.5 Å². The molecule has 0 saturated heterocycles. The summed E-state index contributed by atoms with van der Waals surface area (Å²) in [6.45, 7) is 4.07. The molecule has 3 rings (SSSR count). The van der Waals surface area contributed by atoms with Gasteiger partial charge in [-0.2, -0.15) is 0 Å². The topological polar surface area (TPSA) is 37.4 Å². The molecule has 22 heavy (non-hydrogen) atoms. The van der Waals surface area contributed by atoms with Gasteiger partial charge in [-0.25, -0.2) is 9.38 Å². The fourth-order valence-electron chi connectivity index (χ4n) is 2.49. The summed E-state index contributed by atoms with van der Waals surface area (Å²) in [6, 6.07) is 8.37. The molecule has 3 nitrogen and oxygen atoms in total. The zero-order chi connectivity index (χ0) is 15.7. The summed E-state index contributed by atoms with van der Waals surface area (Å²) in [4.78, 5) is 7.90. The number of aromatic nitrogens is 1. The van der Waals surface area contributed by atoms with Crippen molar-refractivity contribution in [3.63, 3.8) is 0 Å². The highest BCUT2D eigenvalue weighted by atomic mass is 19.1. The lowest BCUT2D eigenvalue weighted by Gasteiger charge is -2.01. The van der Waals surface area contributed by atoms with Gasteiger partial charge in [-0.15, -0.1) is 0 Å². The van der Waals surface area contributed by atoms with Crippen LogP contribution in [0.5, 0.6) is 0 Å². The van der Waals surface area contributed by atoms with Crippen molar-refractivity contribution in [2.75, 3.05) is 7.11 Å². The summed E-state index contributed by atoms with van der Waals surface area (Å²) in [7, 11) is 1.62. The van der Waals surface area contributed by atoms with E-state index in [0.717, 1.165) is 33.9 Å². The highest BCUT2D eigenvalue weighted by Gasteiger charge is 2.17. The number of aliphatic imine (C=N–C) groups is 1. The molecule has 1 N–H and O–H groups in total. The normalized spacial score (nSPS) is 15.9. The maximum absolute atomic E-state index is 13.0. The number of methoxy groups -OCH3 is 1. The Hall–Kier alpha value is -2.62. The molecule has 0 atom stereocenters. The first-order valence-corrected chi connectivity index (χ1v) is 7.05. The highest BCUT2D eigenvalue weighted by molar-refractivity contribution is 6.12. The van der Waals surface area contributed by atoms with Gasteiger partial charge in [0.2, 0.25) is 0 Å². The number of nitrogens with one attached hydrogen (secondary N) is 1. The van der Waals surface area contributed by atoms with E-state index in [-0.39, 0.29) is 5.82 Å². The molecule has 0 radical (unpaired) electrons. The predicted octanol–water partition coefficient (Wildman–Crippen LogP) is 4.14. The Morgan fingerprint density at radius 3 is 2.50 bits per heavy atom. The first kappa shape index (κ1) is 14.3. The van der Waals surface area contributed by atoms with Crippen molar-refractivity contribution in [3.8, 4) is 0 Å². The highest BCUT2D eigenvalue weighted by Crippen LogP contribution is 2.26. The molecule has 1 aliphatic heterocycles. The maximum Gasteiger partial charge on any atom is 0.146 e. The average molecular weight is 296 g/mol. The maximum atomic E-state index is 13.0. The fraction of sp³-hybridized carbons (Fsp3) is 0.167. The first-order valence-electron chi connectivity index (χ1n) is 7.05. The van der Waals surface area contributed by atoms with E-state index < -0.39 is 0 Å². The van der Waals surface area contributed by atoms with Crippen LogP contribution in [0.25, 0.3) is 6.08 Å². The quantitative estimate of drug-likeness (QED) is 0.908. The number of hydrogen-bond donors (Lipinski definition) is 1. The minimum atomic E-state index is -0.258. The van der Waals surface area contributed by atoms with Crippen LogP contribution in [0, 0.1) is 19.7 Å². The Labute approximate surface area is 128 Å². The molecule has 0 unspecified atom stereocenters. The number of aromatic amines is 1. The molecule has 0 bridgehead atoms. The third-order valence-electron chi connectivity index (χ3n) is 3.59. The Morgan fingerprint density at radius 1 is 1.18 bits per heavy atom. The standard InChI is InChI=1S/C18H17FN2O/c1-11-8-12(2)20-15(11)9-17-18(22-3)10-16(21-17)13-4-6-14(19)7-5-13/h4-10,20H,1-3H3. The molecule has 0 fully saturated rings. The summed E-state index contributed by atoms with van der Waals surface area (Å²) in [5, 5.41) is 0. The van der Waals surface area contributed by atoms with Gasteiger partial charge in [0, 0.05) is 23.0 Å². The Kier molecular flexibility index (Phi) is 3.67. The molecule has 4 heteroatoms. The van der Waals surface area contributed by atoms with Crippen LogP contribution < -0.4 is 0 Å². The minimum absolute atomic E-state index is 0.258. The number of hydrogen-bond acceptors (Lipinski definition) is 2. The molecular weight excluding hydrogens is 279 g/mol. The number of nitrogens with zero attached hydrogens (tertiary/aromatic N) is 1. The Bertz CT molecular complexity index is 795. The Balaban J connectivity index is 2.00. The lowest BCUT2D eigenvalue weighted by molar-refractivity contribution is 0.303. The van der Waals surface area contributed by atoms with Crippen molar-refractivity contribution >= 4 is 11.8 Å². The van der Waals surface area contributed by atoms with E-state index in [1.165, 1.54) is 12.1 Å². The molecule has 112 valence electrons. The minimum Gasteiger partial charge on any atom is -0.494 e. The van der Waals surface area contributed by atoms with Crippen molar-refractivity contribution in [1.82, 2.24) is 4.98 Å². The van der Waals surface area contributed by atoms with Crippen LogP contribution in [0.4, 0.5) is 4.39 Å². The van der Waals surface area contributed by atoms with Crippen LogP contribution in [0.2, 0.25) is 0 Å². The van der Waals surface area contributed by atoms with Crippen molar-refractivity contribution in [3.05, 3.63) is 76.2 Å². The van der Waals surface area contributed by atoms with Crippen molar-refractivity contribution in [2.45, 2.75) is 13.8 Å². The molecule has 2 heterocycles. The van der Waals surface area contributed by atoms with Gasteiger partial charge < -0.3 is 9.72 Å². The number of H-pyrrole nitrogens is 1. The molecule has 1 aliphatic rings. The van der Waals surface area contributed by atoms with E-state index in [1.54, 1.807) is 19.2 Å². The summed E-state index contributed by atoms with van der Waals surface area (Å²) < 4.78 is 18.4. The van der Waals surface area contributed by atoms with Crippen LogP contribution in [-0.2, 0) is 4.74 Å². The lowest BCUT2D eigenvalue weighted by Crippen LogP contribution is -1.93. The van der Waals surface area contributed by atoms with E-state index in [0.29, 0.717) is 5.76 Å². The molecule has 1 aromatic carbocycles. The summed E-state index contributed by atoms with van der Waals surface area (Å²) >= 11 is 0. The smallest absolute Gasteiger partial charge is 0.146 e. The number of allylic oxidation sites excluding steroid dienone is 1. The van der Waals surface area contributed by atoms with Crippen molar-refractivity contribution < 1.29 is 9.13 Å². The van der Waals surface area contributed by atoms with Crippen molar-refractivity contribution in [1.29, 1.82) is 0 Å². The molecule has 0 saturated carbocycles. The van der Waals surface area contributed by atoms with E-state index in [1.807, 2.05) is 26.0 Å². The number of rotatable bonds is 3. The second kappa shape index (κ2) is 5.64. The molecule has 0 spiro atoms. The second-order valence-electron chi connectivity index (χ2n) is 5.30. The van der Waals surface area contributed by atoms with E-state index >= 15 is 0 Å². The number of aryl methyl sites for hydroxylation is 2. The lowest BCUT2D eigenvalue weighted by atomic mass is 10.1. The molecular formula is C18H17FN2O. The SMILES string of the molecule is COC1=CC(c2ccc(F)cc2)=NC1=Cc1[nH]c(C)cc1C. The van der Waals surface area contributed by atoms with E-state index in [9.17, 15) is 4.39 Å². The summed E-state index contributed by atoms with van der Waals surface area (Å²) in [5.41, 5.74) is 5.66.